The number of ether oxygens (including phenoxy) is 1. The maximum atomic E-state index is 10.9. The first-order valence-corrected chi connectivity index (χ1v) is 6.97. The minimum atomic E-state index is -1.18. The summed E-state index contributed by atoms with van der Waals surface area (Å²) in [6.07, 6.45) is 4.60. The van der Waals surface area contributed by atoms with Crippen LogP contribution < -0.4 is 28.9 Å². The maximum Gasteiger partial charge on any atom is 1.00 e. The molecule has 21 heavy (non-hydrogen) atoms. The molecule has 1 aromatic heterocycles. The summed E-state index contributed by atoms with van der Waals surface area (Å²) < 4.78 is 5.45. The molecule has 108 valence electrons. The number of aromatic nitrogens is 1. The Morgan fingerprint density at radius 3 is 2.62 bits per heavy atom. The van der Waals surface area contributed by atoms with Crippen molar-refractivity contribution in [2.75, 3.05) is 44.2 Å². The van der Waals surface area contributed by atoms with E-state index >= 15 is 0 Å². The Balaban J connectivity index is 0.00000161. The first-order chi connectivity index (χ1) is 9.72. The fourth-order valence-electron chi connectivity index (χ4n) is 2.62. The van der Waals surface area contributed by atoms with Crippen molar-refractivity contribution < 1.29 is 33.5 Å². The molecule has 0 bridgehead atoms. The van der Waals surface area contributed by atoms with Crippen LogP contribution in [0.4, 0.5) is 5.69 Å². The van der Waals surface area contributed by atoms with Gasteiger partial charge in [-0.15, -0.1) is 0 Å². The molecular weight excluding hydrogens is 265 g/mol. The molecule has 0 saturated carbocycles. The average Bonchev–Trinajstić information content (AvgIpc) is 2.44. The topological polar surface area (TPSA) is 68.7 Å². The smallest absolute Gasteiger partial charge is 0.545 e. The second kappa shape index (κ2) is 7.28. The monoisotopic (exact) mass is 283 g/mol. The Kier molecular flexibility index (Phi) is 5.65. The van der Waals surface area contributed by atoms with E-state index in [1.165, 1.54) is 6.20 Å². The predicted molar refractivity (Wildman–Crippen MR) is 71.6 cm³/mol. The normalized spacial score (nSPS) is 22.3. The molecule has 2 saturated heterocycles. The molecule has 0 amide bonds. The number of pyridine rings is 1. The van der Waals surface area contributed by atoms with Crippen LogP contribution in [0.25, 0.3) is 0 Å². The number of rotatable bonds is 4. The van der Waals surface area contributed by atoms with Crippen LogP contribution in [-0.4, -0.2) is 61.3 Å². The van der Waals surface area contributed by atoms with E-state index in [0.717, 1.165) is 51.4 Å². The number of aromatic carboxylic acids is 1. The van der Waals surface area contributed by atoms with Crippen molar-refractivity contribution in [2.45, 2.75) is 12.5 Å². The Hall–Kier alpha value is -1.06. The average molecular weight is 283 g/mol. The molecule has 1 aromatic rings. The molecule has 6 nitrogen and oxygen atoms in total. The summed E-state index contributed by atoms with van der Waals surface area (Å²) in [5.41, 5.74) is 0.985. The van der Waals surface area contributed by atoms with Gasteiger partial charge in [-0.2, -0.15) is 0 Å². The predicted octanol–water partition coefficient (Wildman–Crippen LogP) is -3.64. The van der Waals surface area contributed by atoms with Gasteiger partial charge in [0.1, 0.15) is 0 Å². The van der Waals surface area contributed by atoms with Crippen molar-refractivity contribution >= 4 is 11.7 Å². The van der Waals surface area contributed by atoms with Crippen LogP contribution in [0.3, 0.4) is 0 Å². The number of piperazine rings is 1. The van der Waals surface area contributed by atoms with Gasteiger partial charge in [-0.25, -0.2) is 0 Å². The van der Waals surface area contributed by atoms with Crippen molar-refractivity contribution in [3.05, 3.63) is 24.0 Å². The fourth-order valence-corrected chi connectivity index (χ4v) is 2.62. The zero-order chi connectivity index (χ0) is 13.9. The summed E-state index contributed by atoms with van der Waals surface area (Å²) in [6.45, 7) is 5.60. The zero-order valence-electron chi connectivity index (χ0n) is 12.3. The van der Waals surface area contributed by atoms with Crippen LogP contribution in [-0.2, 0) is 4.74 Å². The summed E-state index contributed by atoms with van der Waals surface area (Å²) in [5, 5.41) is 10.9. The number of carbonyl (C=O) groups excluding carboxylic acids is 1. The van der Waals surface area contributed by atoms with Crippen molar-refractivity contribution in [1.82, 2.24) is 9.88 Å². The molecule has 3 rings (SSSR count). The third-order valence-corrected chi connectivity index (χ3v) is 3.95. The Morgan fingerprint density at radius 2 is 2.05 bits per heavy atom. The van der Waals surface area contributed by atoms with Crippen LogP contribution in [0.15, 0.2) is 18.5 Å². The van der Waals surface area contributed by atoms with E-state index in [9.17, 15) is 9.90 Å². The van der Waals surface area contributed by atoms with Crippen LogP contribution in [0.1, 0.15) is 16.8 Å². The zero-order valence-corrected chi connectivity index (χ0v) is 12.3. The molecule has 1 atom stereocenters. The summed E-state index contributed by atoms with van der Waals surface area (Å²) in [7, 11) is 0. The minimum Gasteiger partial charge on any atom is -0.545 e. The van der Waals surface area contributed by atoms with Crippen LogP contribution in [0, 0.1) is 0 Å². The molecule has 0 unspecified atom stereocenters. The standard InChI is InChI=1S/C14H19N3O3.Li/c18-14(19)11-7-12(9-15-8-11)17-4-2-16(3-5-17)10-13-1-6-20-13;/h7-9,13H,1-6,10H2,(H,18,19);/q;+1/p-1/t13-;/m1./s1. The van der Waals surface area contributed by atoms with Gasteiger partial charge in [0.25, 0.3) is 0 Å². The molecule has 0 aromatic carbocycles. The number of hydrogen-bond donors (Lipinski definition) is 0. The number of carboxylic acids is 1. The van der Waals surface area contributed by atoms with E-state index < -0.39 is 5.97 Å². The molecule has 0 aliphatic carbocycles. The van der Waals surface area contributed by atoms with E-state index in [2.05, 4.69) is 14.8 Å². The SMILES string of the molecule is O=C([O-])c1cncc(N2CCN(C[C@H]3CCO3)CC2)c1.[Li+]. The first kappa shape index (κ1) is 16.3. The Bertz CT molecular complexity index is 488. The summed E-state index contributed by atoms with van der Waals surface area (Å²) in [5.74, 6) is -1.18. The third kappa shape index (κ3) is 3.98. The van der Waals surface area contributed by atoms with Gasteiger partial charge in [0, 0.05) is 51.1 Å². The number of nitrogens with zero attached hydrogens (tertiary/aromatic N) is 3. The summed E-state index contributed by atoms with van der Waals surface area (Å²) in [6, 6.07) is 1.63. The second-order valence-corrected chi connectivity index (χ2v) is 5.29. The van der Waals surface area contributed by atoms with Gasteiger partial charge in [-0.05, 0) is 12.5 Å². The van der Waals surface area contributed by atoms with Crippen molar-refractivity contribution in [1.29, 1.82) is 0 Å². The van der Waals surface area contributed by atoms with Gasteiger partial charge in [0.15, 0.2) is 0 Å². The van der Waals surface area contributed by atoms with Gasteiger partial charge < -0.3 is 19.5 Å². The molecule has 0 N–H and O–H groups in total. The molecule has 0 spiro atoms. The van der Waals surface area contributed by atoms with Gasteiger partial charge >= 0.3 is 18.9 Å². The largest absolute Gasteiger partial charge is 1.00 e. The van der Waals surface area contributed by atoms with Gasteiger partial charge in [0.2, 0.25) is 0 Å². The number of hydrogen-bond acceptors (Lipinski definition) is 6. The van der Waals surface area contributed by atoms with E-state index in [0.29, 0.717) is 6.10 Å². The number of anilines is 1. The first-order valence-electron chi connectivity index (χ1n) is 6.97. The quantitative estimate of drug-likeness (QED) is 0.531. The summed E-state index contributed by atoms with van der Waals surface area (Å²) >= 11 is 0. The van der Waals surface area contributed by atoms with Gasteiger partial charge in [-0.3, -0.25) is 9.88 Å². The van der Waals surface area contributed by atoms with Gasteiger partial charge in [-0.1, -0.05) is 0 Å². The van der Waals surface area contributed by atoms with E-state index in [1.807, 2.05) is 0 Å². The van der Waals surface area contributed by atoms with Gasteiger partial charge in [0.05, 0.1) is 24.0 Å². The Morgan fingerprint density at radius 1 is 1.33 bits per heavy atom. The summed E-state index contributed by atoms with van der Waals surface area (Å²) in [4.78, 5) is 19.4. The maximum absolute atomic E-state index is 10.9. The molecule has 2 aliphatic rings. The molecule has 0 radical (unpaired) electrons. The molecular formula is C14H18LiN3O3. The van der Waals surface area contributed by atoms with Crippen LogP contribution in [0.5, 0.6) is 0 Å². The molecule has 3 heterocycles. The minimum absolute atomic E-state index is 0. The van der Waals surface area contributed by atoms with E-state index in [4.69, 9.17) is 4.74 Å². The second-order valence-electron chi connectivity index (χ2n) is 5.29. The molecule has 2 aliphatic heterocycles. The van der Waals surface area contributed by atoms with Crippen molar-refractivity contribution in [2.24, 2.45) is 0 Å². The number of carboxylic acid groups (broad SMARTS) is 1. The fraction of sp³-hybridized carbons (Fsp3) is 0.571. The number of carbonyl (C=O) groups is 1. The van der Waals surface area contributed by atoms with Crippen LogP contribution in [0.2, 0.25) is 0 Å². The molecule has 7 heteroatoms. The third-order valence-electron chi connectivity index (χ3n) is 3.95. The van der Waals surface area contributed by atoms with Crippen LogP contribution >= 0.6 is 0 Å². The Labute approximate surface area is 136 Å². The van der Waals surface area contributed by atoms with Crippen molar-refractivity contribution in [3.8, 4) is 0 Å². The molecule has 2 fully saturated rings. The van der Waals surface area contributed by atoms with Crippen molar-refractivity contribution in [3.63, 3.8) is 0 Å². The van der Waals surface area contributed by atoms with E-state index in [1.54, 1.807) is 12.3 Å². The van der Waals surface area contributed by atoms with E-state index in [-0.39, 0.29) is 24.4 Å².